The number of amides is 1. The molecule has 0 radical (unpaired) electrons. The fraction of sp³-hybridized carbons (Fsp3) is 0.227. The highest BCUT2D eigenvalue weighted by molar-refractivity contribution is 6.07. The molecule has 0 spiro atoms. The minimum Gasteiger partial charge on any atom is -0.497 e. The number of esters is 1. The number of ether oxygens (including phenoxy) is 2. The molecular formula is C22H22N2O4. The van der Waals surface area contributed by atoms with Crippen LogP contribution in [0.5, 0.6) is 5.75 Å². The average Bonchev–Trinajstić information content (AvgIpc) is 2.72. The van der Waals surface area contributed by atoms with Crippen LogP contribution in [0.15, 0.2) is 54.6 Å². The molecule has 6 nitrogen and oxygen atoms in total. The highest BCUT2D eigenvalue weighted by Crippen LogP contribution is 2.26. The van der Waals surface area contributed by atoms with Crippen molar-refractivity contribution in [3.63, 3.8) is 0 Å². The van der Waals surface area contributed by atoms with Gasteiger partial charge in [-0.2, -0.15) is 0 Å². The highest BCUT2D eigenvalue weighted by Gasteiger charge is 2.17. The predicted molar refractivity (Wildman–Crippen MR) is 107 cm³/mol. The summed E-state index contributed by atoms with van der Waals surface area (Å²) in [6.45, 7) is 1.77. The number of para-hydroxylation sites is 1. The van der Waals surface area contributed by atoms with Crippen molar-refractivity contribution in [1.29, 1.82) is 0 Å². The Hall–Kier alpha value is -3.41. The molecule has 3 aromatic rings. The number of pyridine rings is 1. The Morgan fingerprint density at radius 2 is 1.79 bits per heavy atom. The first kappa shape index (κ1) is 19.4. The molecule has 1 N–H and O–H groups in total. The number of hydrogen-bond donors (Lipinski definition) is 1. The topological polar surface area (TPSA) is 77.5 Å². The van der Waals surface area contributed by atoms with E-state index in [0.717, 1.165) is 22.2 Å². The van der Waals surface area contributed by atoms with E-state index >= 15 is 0 Å². The van der Waals surface area contributed by atoms with Crippen LogP contribution in [0.2, 0.25) is 0 Å². The van der Waals surface area contributed by atoms with E-state index in [-0.39, 0.29) is 24.3 Å². The number of carbonyl (C=O) groups excluding carboxylic acids is 2. The van der Waals surface area contributed by atoms with Gasteiger partial charge in [-0.1, -0.05) is 18.2 Å². The summed E-state index contributed by atoms with van der Waals surface area (Å²) < 4.78 is 9.86. The van der Waals surface area contributed by atoms with E-state index in [2.05, 4.69) is 15.0 Å². The van der Waals surface area contributed by atoms with Crippen LogP contribution >= 0.6 is 0 Å². The Morgan fingerprint density at radius 1 is 1.07 bits per heavy atom. The number of carbonyl (C=O) groups is 2. The van der Waals surface area contributed by atoms with Crippen molar-refractivity contribution in [2.75, 3.05) is 14.2 Å². The van der Waals surface area contributed by atoms with Gasteiger partial charge in [0.2, 0.25) is 0 Å². The molecule has 0 bridgehead atoms. The standard InChI is InChI=1S/C22H22N2O4/c1-14(12-21(25)28-3)23-22(26)18-13-20(15-8-10-16(27-2)11-9-15)24-19-7-5-4-6-17(18)19/h4-11,13-14H,12H2,1-3H3,(H,23,26). The SMILES string of the molecule is COC(=O)CC(C)NC(=O)c1cc(-c2ccc(OC)cc2)nc2ccccc12. The lowest BCUT2D eigenvalue weighted by Crippen LogP contribution is -2.34. The summed E-state index contributed by atoms with van der Waals surface area (Å²) in [5.41, 5.74) is 2.80. The van der Waals surface area contributed by atoms with Gasteiger partial charge in [0.15, 0.2) is 0 Å². The molecular weight excluding hydrogens is 356 g/mol. The normalized spacial score (nSPS) is 11.7. The molecule has 1 aromatic heterocycles. The van der Waals surface area contributed by atoms with Crippen molar-refractivity contribution in [2.45, 2.75) is 19.4 Å². The van der Waals surface area contributed by atoms with E-state index in [4.69, 9.17) is 4.74 Å². The number of benzene rings is 2. The lowest BCUT2D eigenvalue weighted by molar-refractivity contribution is -0.141. The molecule has 0 saturated heterocycles. The molecule has 0 aliphatic heterocycles. The van der Waals surface area contributed by atoms with Gasteiger partial charge in [-0.05, 0) is 43.3 Å². The van der Waals surface area contributed by atoms with Gasteiger partial charge in [0.1, 0.15) is 5.75 Å². The Labute approximate surface area is 163 Å². The molecule has 0 aliphatic rings. The summed E-state index contributed by atoms with van der Waals surface area (Å²) in [5.74, 6) is 0.121. The fourth-order valence-electron chi connectivity index (χ4n) is 2.96. The molecule has 6 heteroatoms. The number of aromatic nitrogens is 1. The number of methoxy groups -OCH3 is 2. The van der Waals surface area contributed by atoms with Crippen LogP contribution in [-0.4, -0.2) is 37.1 Å². The molecule has 28 heavy (non-hydrogen) atoms. The monoisotopic (exact) mass is 378 g/mol. The number of nitrogens with one attached hydrogen (secondary N) is 1. The van der Waals surface area contributed by atoms with Crippen molar-refractivity contribution in [3.05, 3.63) is 60.2 Å². The second-order valence-electron chi connectivity index (χ2n) is 6.46. The number of rotatable bonds is 6. The minimum atomic E-state index is -0.369. The van der Waals surface area contributed by atoms with Gasteiger partial charge in [0.25, 0.3) is 5.91 Å². The maximum atomic E-state index is 12.9. The first-order chi connectivity index (χ1) is 13.5. The largest absolute Gasteiger partial charge is 0.497 e. The van der Waals surface area contributed by atoms with E-state index in [0.29, 0.717) is 11.3 Å². The molecule has 2 aromatic carbocycles. The Kier molecular flexibility index (Phi) is 5.89. The molecule has 1 unspecified atom stereocenters. The second-order valence-corrected chi connectivity index (χ2v) is 6.46. The van der Waals surface area contributed by atoms with Crippen molar-refractivity contribution in [3.8, 4) is 17.0 Å². The number of fused-ring (bicyclic) bond motifs is 1. The van der Waals surface area contributed by atoms with Crippen LogP contribution in [0.4, 0.5) is 0 Å². The van der Waals surface area contributed by atoms with Gasteiger partial charge in [0.05, 0.1) is 37.4 Å². The first-order valence-electron chi connectivity index (χ1n) is 8.93. The molecule has 1 amide bonds. The number of hydrogen-bond acceptors (Lipinski definition) is 5. The Balaban J connectivity index is 1.98. The van der Waals surface area contributed by atoms with Crippen LogP contribution < -0.4 is 10.1 Å². The van der Waals surface area contributed by atoms with Crippen molar-refractivity contribution < 1.29 is 19.1 Å². The lowest BCUT2D eigenvalue weighted by Gasteiger charge is -2.15. The summed E-state index contributed by atoms with van der Waals surface area (Å²) in [6, 6.07) is 16.4. The van der Waals surface area contributed by atoms with Crippen LogP contribution in [0.25, 0.3) is 22.2 Å². The van der Waals surface area contributed by atoms with Crippen LogP contribution in [0.1, 0.15) is 23.7 Å². The molecule has 144 valence electrons. The Bertz CT molecular complexity index is 999. The molecule has 1 heterocycles. The van der Waals surface area contributed by atoms with E-state index in [1.807, 2.05) is 48.5 Å². The van der Waals surface area contributed by atoms with Gasteiger partial charge in [-0.3, -0.25) is 9.59 Å². The van der Waals surface area contributed by atoms with Crippen molar-refractivity contribution >= 4 is 22.8 Å². The van der Waals surface area contributed by atoms with Gasteiger partial charge in [-0.25, -0.2) is 4.98 Å². The maximum Gasteiger partial charge on any atom is 0.307 e. The van der Waals surface area contributed by atoms with E-state index in [9.17, 15) is 9.59 Å². The quantitative estimate of drug-likeness (QED) is 0.663. The molecule has 0 saturated carbocycles. The minimum absolute atomic E-state index is 0.108. The fourth-order valence-corrected chi connectivity index (χ4v) is 2.96. The third kappa shape index (κ3) is 4.28. The van der Waals surface area contributed by atoms with Gasteiger partial charge in [0, 0.05) is 17.0 Å². The summed E-state index contributed by atoms with van der Waals surface area (Å²) in [7, 11) is 2.94. The summed E-state index contributed by atoms with van der Waals surface area (Å²) >= 11 is 0. The molecule has 0 fully saturated rings. The zero-order valence-electron chi connectivity index (χ0n) is 16.1. The highest BCUT2D eigenvalue weighted by atomic mass is 16.5. The molecule has 0 aliphatic carbocycles. The van der Waals surface area contributed by atoms with Crippen molar-refractivity contribution in [1.82, 2.24) is 10.3 Å². The predicted octanol–water partition coefficient (Wildman–Crippen LogP) is 3.59. The van der Waals surface area contributed by atoms with Crippen LogP contribution in [0.3, 0.4) is 0 Å². The summed E-state index contributed by atoms with van der Waals surface area (Å²) in [6.07, 6.45) is 0.108. The third-order valence-corrected chi connectivity index (χ3v) is 4.42. The maximum absolute atomic E-state index is 12.9. The van der Waals surface area contributed by atoms with Gasteiger partial charge in [-0.15, -0.1) is 0 Å². The zero-order valence-corrected chi connectivity index (χ0v) is 16.1. The second kappa shape index (κ2) is 8.52. The molecule has 3 rings (SSSR count). The first-order valence-corrected chi connectivity index (χ1v) is 8.93. The van der Waals surface area contributed by atoms with E-state index in [1.165, 1.54) is 7.11 Å². The third-order valence-electron chi connectivity index (χ3n) is 4.42. The van der Waals surface area contributed by atoms with Crippen molar-refractivity contribution in [2.24, 2.45) is 0 Å². The number of nitrogens with zero attached hydrogens (tertiary/aromatic N) is 1. The van der Waals surface area contributed by atoms with E-state index in [1.54, 1.807) is 20.1 Å². The smallest absolute Gasteiger partial charge is 0.307 e. The summed E-state index contributed by atoms with van der Waals surface area (Å²) in [5, 5.41) is 3.62. The van der Waals surface area contributed by atoms with Crippen LogP contribution in [-0.2, 0) is 9.53 Å². The summed E-state index contributed by atoms with van der Waals surface area (Å²) in [4.78, 5) is 29.1. The zero-order chi connectivity index (χ0) is 20.1. The van der Waals surface area contributed by atoms with E-state index < -0.39 is 0 Å². The van der Waals surface area contributed by atoms with Gasteiger partial charge < -0.3 is 14.8 Å². The average molecular weight is 378 g/mol. The Morgan fingerprint density at radius 3 is 2.46 bits per heavy atom. The van der Waals surface area contributed by atoms with Crippen LogP contribution in [0, 0.1) is 0 Å². The van der Waals surface area contributed by atoms with Gasteiger partial charge >= 0.3 is 5.97 Å². The lowest BCUT2D eigenvalue weighted by atomic mass is 10.0. The molecule has 1 atom stereocenters.